The summed E-state index contributed by atoms with van der Waals surface area (Å²) < 4.78 is 33.9. The molecule has 37 heavy (non-hydrogen) atoms. The van der Waals surface area contributed by atoms with Gasteiger partial charge in [-0.3, -0.25) is 9.71 Å². The van der Waals surface area contributed by atoms with E-state index in [9.17, 15) is 8.42 Å². The third kappa shape index (κ3) is 4.90. The predicted octanol–water partition coefficient (Wildman–Crippen LogP) is 4.74. The number of methoxy groups -OCH3 is 1. The zero-order valence-electron chi connectivity index (χ0n) is 20.6. The first-order valence-electron chi connectivity index (χ1n) is 11.7. The number of nitrogens with zero attached hydrogens (tertiary/aromatic N) is 3. The minimum absolute atomic E-state index is 0.230. The van der Waals surface area contributed by atoms with Gasteiger partial charge in [-0.2, -0.15) is 0 Å². The Morgan fingerprint density at radius 3 is 2.54 bits per heavy atom. The second-order valence-electron chi connectivity index (χ2n) is 8.84. The number of aromatic nitrogens is 2. The molecule has 0 amide bonds. The minimum atomic E-state index is -3.48. The van der Waals surface area contributed by atoms with Crippen molar-refractivity contribution in [1.82, 2.24) is 14.9 Å². The van der Waals surface area contributed by atoms with Crippen LogP contribution in [0.1, 0.15) is 29.0 Å². The first-order valence-corrected chi connectivity index (χ1v) is 14.0. The van der Waals surface area contributed by atoms with Crippen LogP contribution in [0, 0.1) is 6.92 Å². The molecule has 2 atom stereocenters. The van der Waals surface area contributed by atoms with E-state index in [-0.39, 0.29) is 12.1 Å². The fourth-order valence-electron chi connectivity index (χ4n) is 4.74. The van der Waals surface area contributed by atoms with E-state index in [1.54, 1.807) is 18.3 Å². The summed E-state index contributed by atoms with van der Waals surface area (Å²) in [6.45, 7) is 2.09. The van der Waals surface area contributed by atoms with Gasteiger partial charge in [-0.25, -0.2) is 8.42 Å². The Balaban J connectivity index is 1.66. The Bertz CT molecular complexity index is 1550. The lowest BCUT2D eigenvalue weighted by atomic mass is 10.0. The standard InChI is InChI=1S/C27H27N5O3S2/c1-18-9-4-5-11-22(18)31-16-8-12-23(31)26-25(21-10-6-7-15-28-21)29-27(36)32(26)19-13-14-20(24(17-19)35-2)30-37(3,33)34/h4-17,25-26,30H,1-3H3,(H,29,36)/t25-,26-/m1/s1. The Hall–Kier alpha value is -3.89. The van der Waals surface area contributed by atoms with Crippen molar-refractivity contribution in [1.29, 1.82) is 0 Å². The van der Waals surface area contributed by atoms with Crippen molar-refractivity contribution in [2.45, 2.75) is 19.0 Å². The number of aryl methyl sites for hydroxylation is 1. The topological polar surface area (TPSA) is 88.5 Å². The first kappa shape index (κ1) is 24.8. The van der Waals surface area contributed by atoms with Crippen LogP contribution in [0.15, 0.2) is 85.2 Å². The van der Waals surface area contributed by atoms with Crippen LogP contribution in [-0.4, -0.2) is 36.4 Å². The molecule has 1 aliphatic heterocycles. The third-order valence-corrected chi connectivity index (χ3v) is 7.22. The molecule has 190 valence electrons. The van der Waals surface area contributed by atoms with Gasteiger partial charge in [-0.1, -0.05) is 24.3 Å². The average molecular weight is 534 g/mol. The number of pyridine rings is 1. The van der Waals surface area contributed by atoms with Crippen molar-refractivity contribution in [3.8, 4) is 11.4 Å². The number of anilines is 2. The summed E-state index contributed by atoms with van der Waals surface area (Å²) >= 11 is 5.86. The van der Waals surface area contributed by atoms with E-state index in [1.165, 1.54) is 7.11 Å². The van der Waals surface area contributed by atoms with Gasteiger partial charge in [0.25, 0.3) is 0 Å². The Morgan fingerprint density at radius 1 is 1.05 bits per heavy atom. The van der Waals surface area contributed by atoms with E-state index in [2.05, 4.69) is 44.7 Å². The smallest absolute Gasteiger partial charge is 0.229 e. The highest BCUT2D eigenvalue weighted by atomic mass is 32.2. The molecule has 1 fully saturated rings. The summed E-state index contributed by atoms with van der Waals surface area (Å²) in [6, 6.07) is 23.0. The molecule has 1 aliphatic rings. The normalized spacial score (nSPS) is 17.5. The molecule has 0 bridgehead atoms. The van der Waals surface area contributed by atoms with Gasteiger partial charge in [-0.05, 0) is 67.2 Å². The summed E-state index contributed by atoms with van der Waals surface area (Å²) in [6.07, 6.45) is 4.92. The van der Waals surface area contributed by atoms with Gasteiger partial charge in [-0.15, -0.1) is 0 Å². The number of para-hydroxylation sites is 1. The highest BCUT2D eigenvalue weighted by Gasteiger charge is 2.42. The molecule has 1 saturated heterocycles. The molecule has 2 aromatic carbocycles. The summed E-state index contributed by atoms with van der Waals surface area (Å²) in [4.78, 5) is 6.67. The van der Waals surface area contributed by atoms with Gasteiger partial charge >= 0.3 is 0 Å². The van der Waals surface area contributed by atoms with Crippen molar-refractivity contribution in [2.24, 2.45) is 0 Å². The third-order valence-electron chi connectivity index (χ3n) is 6.32. The molecular formula is C27H27N5O3S2. The van der Waals surface area contributed by atoms with Crippen LogP contribution in [0.2, 0.25) is 0 Å². The number of ether oxygens (including phenoxy) is 1. The van der Waals surface area contributed by atoms with Crippen LogP contribution in [-0.2, 0) is 10.0 Å². The van der Waals surface area contributed by atoms with E-state index in [1.807, 2.05) is 53.6 Å². The van der Waals surface area contributed by atoms with Crippen molar-refractivity contribution in [3.63, 3.8) is 0 Å². The maximum atomic E-state index is 11.9. The quantitative estimate of drug-likeness (QED) is 0.332. The summed E-state index contributed by atoms with van der Waals surface area (Å²) in [7, 11) is -1.97. The van der Waals surface area contributed by atoms with Crippen molar-refractivity contribution in [2.75, 3.05) is 23.0 Å². The second-order valence-corrected chi connectivity index (χ2v) is 11.0. The molecule has 5 rings (SSSR count). The highest BCUT2D eigenvalue weighted by Crippen LogP contribution is 2.44. The summed E-state index contributed by atoms with van der Waals surface area (Å²) in [5.74, 6) is 0.389. The fraction of sp³-hybridized carbons (Fsp3) is 0.185. The number of rotatable bonds is 7. The Morgan fingerprint density at radius 2 is 1.84 bits per heavy atom. The molecule has 0 aliphatic carbocycles. The molecule has 0 saturated carbocycles. The zero-order chi connectivity index (χ0) is 26.2. The SMILES string of the molecule is COc1cc(N2C(=S)N[C@H](c3ccccn3)[C@H]2c2cccn2-c2ccccc2C)ccc1NS(C)(=O)=O. The summed E-state index contributed by atoms with van der Waals surface area (Å²) in [5.41, 5.74) is 5.21. The van der Waals surface area contributed by atoms with Crippen LogP contribution in [0.3, 0.4) is 0 Å². The molecule has 4 aromatic rings. The molecule has 8 nitrogen and oxygen atoms in total. The van der Waals surface area contributed by atoms with E-state index >= 15 is 0 Å². The van der Waals surface area contributed by atoms with Crippen LogP contribution >= 0.6 is 12.2 Å². The zero-order valence-corrected chi connectivity index (χ0v) is 22.3. The fourth-order valence-corrected chi connectivity index (χ4v) is 5.65. The van der Waals surface area contributed by atoms with Gasteiger partial charge in [0.05, 0.1) is 30.8 Å². The van der Waals surface area contributed by atoms with Crippen LogP contribution in [0.5, 0.6) is 5.75 Å². The highest BCUT2D eigenvalue weighted by molar-refractivity contribution is 7.92. The van der Waals surface area contributed by atoms with Gasteiger partial charge in [0.1, 0.15) is 11.8 Å². The number of thiocarbonyl (C=S) groups is 1. The molecule has 0 unspecified atom stereocenters. The van der Waals surface area contributed by atoms with Crippen LogP contribution in [0.25, 0.3) is 5.69 Å². The van der Waals surface area contributed by atoms with E-state index in [0.717, 1.165) is 34.6 Å². The Kier molecular flexibility index (Phi) is 6.61. The number of hydrogen-bond donors (Lipinski definition) is 2. The predicted molar refractivity (Wildman–Crippen MR) is 150 cm³/mol. The van der Waals surface area contributed by atoms with Gasteiger partial charge in [0, 0.05) is 35.5 Å². The largest absolute Gasteiger partial charge is 0.494 e. The molecule has 3 heterocycles. The average Bonchev–Trinajstić information content (AvgIpc) is 3.48. The van der Waals surface area contributed by atoms with E-state index in [0.29, 0.717) is 16.5 Å². The van der Waals surface area contributed by atoms with Crippen molar-refractivity contribution in [3.05, 3.63) is 102 Å². The number of sulfonamides is 1. The molecule has 0 radical (unpaired) electrons. The minimum Gasteiger partial charge on any atom is -0.494 e. The lowest BCUT2D eigenvalue weighted by Crippen LogP contribution is -2.30. The maximum absolute atomic E-state index is 11.9. The molecule has 2 N–H and O–H groups in total. The number of benzene rings is 2. The molecular weight excluding hydrogens is 506 g/mol. The number of nitrogens with one attached hydrogen (secondary N) is 2. The first-order chi connectivity index (χ1) is 17.8. The van der Waals surface area contributed by atoms with Crippen molar-refractivity contribution < 1.29 is 13.2 Å². The van der Waals surface area contributed by atoms with Gasteiger partial charge in [0.15, 0.2) is 5.11 Å². The molecule has 2 aromatic heterocycles. The van der Waals surface area contributed by atoms with E-state index in [4.69, 9.17) is 17.0 Å². The van der Waals surface area contributed by atoms with Gasteiger partial charge < -0.3 is 19.5 Å². The van der Waals surface area contributed by atoms with E-state index < -0.39 is 10.0 Å². The molecule has 0 spiro atoms. The summed E-state index contributed by atoms with van der Waals surface area (Å²) in [5, 5.41) is 4.00. The lowest BCUT2D eigenvalue weighted by molar-refractivity contribution is 0.417. The molecule has 10 heteroatoms. The monoisotopic (exact) mass is 533 g/mol. The Labute approximate surface area is 222 Å². The van der Waals surface area contributed by atoms with Crippen LogP contribution in [0.4, 0.5) is 11.4 Å². The van der Waals surface area contributed by atoms with Crippen LogP contribution < -0.4 is 19.7 Å². The number of hydrogen-bond acceptors (Lipinski definition) is 5. The lowest BCUT2D eigenvalue weighted by Gasteiger charge is -2.29. The second kappa shape index (κ2) is 9.87. The maximum Gasteiger partial charge on any atom is 0.229 e. The van der Waals surface area contributed by atoms with Gasteiger partial charge in [0.2, 0.25) is 10.0 Å². The van der Waals surface area contributed by atoms with Crippen molar-refractivity contribution >= 4 is 38.7 Å².